The van der Waals surface area contributed by atoms with Gasteiger partial charge in [0.05, 0.1) is 11.8 Å². The van der Waals surface area contributed by atoms with E-state index in [1.807, 2.05) is 16.8 Å². The number of carbonyl (C=O) groups excluding carboxylic acids is 1. The maximum atomic E-state index is 11.8. The molecule has 0 fully saturated rings. The van der Waals surface area contributed by atoms with E-state index in [0.29, 0.717) is 11.3 Å². The van der Waals surface area contributed by atoms with Crippen LogP contribution in [-0.2, 0) is 4.79 Å². The van der Waals surface area contributed by atoms with Gasteiger partial charge < -0.3 is 0 Å². The molecule has 2 aromatic rings. The van der Waals surface area contributed by atoms with Crippen LogP contribution in [0.25, 0.3) is 11.3 Å². The summed E-state index contributed by atoms with van der Waals surface area (Å²) in [5, 5.41) is 18.6. The molecule has 0 saturated carbocycles. The van der Waals surface area contributed by atoms with Gasteiger partial charge in [0.25, 0.3) is 5.91 Å². The number of aromatic nitrogens is 4. The predicted octanol–water partition coefficient (Wildman–Crippen LogP) is 0.233. The molecule has 17 heavy (non-hydrogen) atoms. The first-order chi connectivity index (χ1) is 8.36. The van der Waals surface area contributed by atoms with Crippen molar-refractivity contribution in [1.29, 1.82) is 0 Å². The van der Waals surface area contributed by atoms with E-state index < -0.39 is 5.91 Å². The second-order valence-corrected chi connectivity index (χ2v) is 3.93. The molecule has 0 aliphatic carbocycles. The highest BCUT2D eigenvalue weighted by molar-refractivity contribution is 7.08. The maximum Gasteiger partial charge on any atom is 0.298 e. The molecular formula is C9H5N6OS. The Kier molecular flexibility index (Phi) is 2.26. The molecular weight excluding hydrogens is 240 g/mol. The van der Waals surface area contributed by atoms with E-state index in [1.165, 1.54) is 28.7 Å². The summed E-state index contributed by atoms with van der Waals surface area (Å²) in [6.07, 6.45) is 2.73. The molecule has 0 saturated heterocycles. The van der Waals surface area contributed by atoms with E-state index in [4.69, 9.17) is 0 Å². The number of thiophene rings is 1. The first-order valence-electron chi connectivity index (χ1n) is 4.65. The number of amides is 1. The second-order valence-electron chi connectivity index (χ2n) is 3.15. The number of hydrogen-bond acceptors (Lipinski definition) is 6. The average molecular weight is 245 g/mol. The van der Waals surface area contributed by atoms with Crippen molar-refractivity contribution in [1.82, 2.24) is 25.6 Å². The van der Waals surface area contributed by atoms with Gasteiger partial charge in [-0.3, -0.25) is 4.79 Å². The monoisotopic (exact) mass is 245 g/mol. The van der Waals surface area contributed by atoms with Crippen LogP contribution < -0.4 is 5.43 Å². The minimum absolute atomic E-state index is 0.404. The summed E-state index contributed by atoms with van der Waals surface area (Å²) in [6.45, 7) is 0. The zero-order chi connectivity index (χ0) is 11.7. The van der Waals surface area contributed by atoms with Gasteiger partial charge in [-0.15, -0.1) is 20.4 Å². The van der Waals surface area contributed by atoms with Crippen molar-refractivity contribution in [2.75, 3.05) is 0 Å². The molecule has 3 heterocycles. The van der Waals surface area contributed by atoms with Crippen molar-refractivity contribution in [3.63, 3.8) is 0 Å². The van der Waals surface area contributed by atoms with Gasteiger partial charge in [-0.25, -0.2) is 0 Å². The fourth-order valence-electron chi connectivity index (χ4n) is 1.47. The number of allylic oxidation sites excluding steroid dienone is 1. The molecule has 0 spiro atoms. The molecule has 1 amide bonds. The fraction of sp³-hybridized carbons (Fsp3) is 0. The van der Waals surface area contributed by atoms with Crippen LogP contribution in [0.3, 0.4) is 0 Å². The quantitative estimate of drug-likeness (QED) is 0.757. The Balaban J connectivity index is 2.21. The van der Waals surface area contributed by atoms with Crippen molar-refractivity contribution in [3.05, 3.63) is 28.7 Å². The first-order valence-corrected chi connectivity index (χ1v) is 5.59. The van der Waals surface area contributed by atoms with E-state index in [1.54, 1.807) is 0 Å². The Labute approximate surface area is 99.5 Å². The summed E-state index contributed by atoms with van der Waals surface area (Å²) in [4.78, 5) is 13.0. The fourth-order valence-corrected chi connectivity index (χ4v) is 2.11. The lowest BCUT2D eigenvalue weighted by molar-refractivity contribution is -0.115. The van der Waals surface area contributed by atoms with Crippen molar-refractivity contribution in [2.24, 2.45) is 5.10 Å². The van der Waals surface area contributed by atoms with E-state index in [-0.39, 0.29) is 0 Å². The predicted molar refractivity (Wildman–Crippen MR) is 60.9 cm³/mol. The van der Waals surface area contributed by atoms with Crippen LogP contribution in [-0.4, -0.2) is 32.3 Å². The molecule has 8 heteroatoms. The van der Waals surface area contributed by atoms with Gasteiger partial charge >= 0.3 is 0 Å². The molecule has 0 unspecified atom stereocenters. The summed E-state index contributed by atoms with van der Waals surface area (Å²) >= 11 is 1.50. The van der Waals surface area contributed by atoms with Crippen molar-refractivity contribution in [2.45, 2.75) is 0 Å². The van der Waals surface area contributed by atoms with Gasteiger partial charge in [0.1, 0.15) is 5.70 Å². The molecule has 1 aliphatic heterocycles. The van der Waals surface area contributed by atoms with Crippen LogP contribution in [0.5, 0.6) is 0 Å². The summed E-state index contributed by atoms with van der Waals surface area (Å²) in [7, 11) is 0. The normalized spacial score (nSPS) is 15.2. The highest BCUT2D eigenvalue weighted by Gasteiger charge is 2.23. The van der Waals surface area contributed by atoms with E-state index >= 15 is 0 Å². The zero-order valence-corrected chi connectivity index (χ0v) is 9.20. The van der Waals surface area contributed by atoms with Crippen LogP contribution in [0.4, 0.5) is 0 Å². The largest absolute Gasteiger partial charge is 0.298 e. The molecule has 0 aromatic carbocycles. The van der Waals surface area contributed by atoms with Crippen LogP contribution >= 0.6 is 11.3 Å². The van der Waals surface area contributed by atoms with Gasteiger partial charge in [0, 0.05) is 5.56 Å². The Morgan fingerprint density at radius 1 is 1.35 bits per heavy atom. The Hall–Kier alpha value is -2.35. The molecule has 0 N–H and O–H groups in total. The molecule has 2 aromatic heterocycles. The molecule has 0 bridgehead atoms. The SMILES string of the molecule is O=C1[N]N=CC(n2ncnn2)=C1c1ccsc1. The number of carbonyl (C=O) groups is 1. The molecule has 83 valence electrons. The Morgan fingerprint density at radius 3 is 3.00 bits per heavy atom. The molecule has 0 atom stereocenters. The maximum absolute atomic E-state index is 11.8. The number of nitrogens with zero attached hydrogens (tertiary/aromatic N) is 6. The smallest absolute Gasteiger partial charge is 0.265 e. The summed E-state index contributed by atoms with van der Waals surface area (Å²) in [5.41, 5.74) is 5.20. The van der Waals surface area contributed by atoms with Gasteiger partial charge in [-0.1, -0.05) is 0 Å². The van der Waals surface area contributed by atoms with Crippen LogP contribution in [0.1, 0.15) is 5.56 Å². The van der Waals surface area contributed by atoms with Crippen LogP contribution in [0, 0.1) is 0 Å². The van der Waals surface area contributed by atoms with Gasteiger partial charge in [0.2, 0.25) is 0 Å². The van der Waals surface area contributed by atoms with Gasteiger partial charge in [-0.2, -0.15) is 16.4 Å². The van der Waals surface area contributed by atoms with Gasteiger partial charge in [0.15, 0.2) is 6.33 Å². The first kappa shape index (κ1) is 9.85. The molecule has 7 nitrogen and oxygen atoms in total. The van der Waals surface area contributed by atoms with Crippen molar-refractivity contribution in [3.8, 4) is 0 Å². The standard InChI is InChI=1S/C9H5N6OS/c16-9-8(6-1-2-17-4-6)7(3-10-13-9)15-12-5-11-14-15/h1-5H. The molecule has 1 radical (unpaired) electrons. The third kappa shape index (κ3) is 1.64. The topological polar surface area (TPSA) is 87.1 Å². The molecule has 1 aliphatic rings. The zero-order valence-electron chi connectivity index (χ0n) is 8.39. The van der Waals surface area contributed by atoms with E-state index in [0.717, 1.165) is 5.56 Å². The van der Waals surface area contributed by atoms with E-state index in [9.17, 15) is 4.79 Å². The lowest BCUT2D eigenvalue weighted by atomic mass is 10.1. The van der Waals surface area contributed by atoms with E-state index in [2.05, 4.69) is 25.9 Å². The third-order valence-corrected chi connectivity index (χ3v) is 2.86. The summed E-state index contributed by atoms with van der Waals surface area (Å²) < 4.78 is 0. The summed E-state index contributed by atoms with van der Waals surface area (Å²) in [6, 6.07) is 1.84. The Morgan fingerprint density at radius 2 is 2.29 bits per heavy atom. The van der Waals surface area contributed by atoms with Gasteiger partial charge in [-0.05, 0) is 22.0 Å². The lowest BCUT2D eigenvalue weighted by Crippen LogP contribution is -2.21. The van der Waals surface area contributed by atoms with Crippen molar-refractivity contribution < 1.29 is 4.79 Å². The molecule has 3 rings (SSSR count). The van der Waals surface area contributed by atoms with Crippen LogP contribution in [0.15, 0.2) is 28.3 Å². The number of rotatable bonds is 2. The highest BCUT2D eigenvalue weighted by Crippen LogP contribution is 2.24. The number of tetrazole rings is 1. The minimum Gasteiger partial charge on any atom is -0.265 e. The Bertz CT molecular complexity index is 597. The highest BCUT2D eigenvalue weighted by atomic mass is 32.1. The average Bonchev–Trinajstić information content (AvgIpc) is 3.02. The lowest BCUT2D eigenvalue weighted by Gasteiger charge is -2.10. The van der Waals surface area contributed by atoms with Crippen LogP contribution in [0.2, 0.25) is 0 Å². The van der Waals surface area contributed by atoms with Crippen molar-refractivity contribution >= 4 is 34.7 Å². The third-order valence-electron chi connectivity index (χ3n) is 2.17. The summed E-state index contributed by atoms with van der Waals surface area (Å²) in [5.74, 6) is -0.404. The number of hydrogen-bond donors (Lipinski definition) is 0. The minimum atomic E-state index is -0.404. The second kappa shape index (κ2) is 3.91.